The number of benzene rings is 1. The van der Waals surface area contributed by atoms with E-state index in [1.807, 2.05) is 65.8 Å². The standard InChI is InChI=1S/C10H10O2S.3C2H6.CH4/c1-13(11,12)10-7-6-8-4-2-3-5-9(8)10;3*1-2;/h2-5,7H,6H2,1H3;3*1-2H3;1H4. The molecule has 0 bridgehead atoms. The average Bonchev–Trinajstić information content (AvgIpc) is 2.89. The Morgan fingerprint density at radius 3 is 1.80 bits per heavy atom. The van der Waals surface area contributed by atoms with Gasteiger partial charge in [-0.3, -0.25) is 0 Å². The lowest BCUT2D eigenvalue weighted by molar-refractivity contribution is 0.611. The van der Waals surface area contributed by atoms with E-state index in [0.717, 1.165) is 17.5 Å². The number of fused-ring (bicyclic) bond motifs is 1. The molecule has 0 amide bonds. The Hall–Kier alpha value is -1.09. The smallest absolute Gasteiger partial charge is 0.175 e. The van der Waals surface area contributed by atoms with E-state index in [1.165, 1.54) is 6.26 Å². The van der Waals surface area contributed by atoms with Crippen molar-refractivity contribution in [3.63, 3.8) is 0 Å². The first-order valence-corrected chi connectivity index (χ1v) is 8.96. The lowest BCUT2D eigenvalue weighted by Crippen LogP contribution is -1.98. The number of sulfone groups is 1. The fraction of sp³-hybridized carbons (Fsp3) is 0.529. The Labute approximate surface area is 126 Å². The van der Waals surface area contributed by atoms with E-state index < -0.39 is 9.84 Å². The second-order valence-electron chi connectivity index (χ2n) is 3.20. The van der Waals surface area contributed by atoms with Crippen LogP contribution in [-0.4, -0.2) is 14.7 Å². The molecule has 0 heterocycles. The summed E-state index contributed by atoms with van der Waals surface area (Å²) in [6.07, 6.45) is 3.76. The van der Waals surface area contributed by atoms with Gasteiger partial charge in [0.25, 0.3) is 0 Å². The molecule has 0 atom stereocenters. The Kier molecular flexibility index (Phi) is 15.5. The maximum absolute atomic E-state index is 11.3. The molecule has 0 aromatic heterocycles. The minimum atomic E-state index is -3.05. The molecule has 0 spiro atoms. The summed E-state index contributed by atoms with van der Waals surface area (Å²) >= 11 is 0. The molecule has 1 aliphatic rings. The summed E-state index contributed by atoms with van der Waals surface area (Å²) in [6.45, 7) is 12.0. The SMILES string of the molecule is C.CC.CC.CC.CS(=O)(=O)C1=CCc2ccccc21. The van der Waals surface area contributed by atoms with E-state index in [0.29, 0.717) is 4.91 Å². The van der Waals surface area contributed by atoms with Gasteiger partial charge in [-0.25, -0.2) is 8.42 Å². The van der Waals surface area contributed by atoms with Crippen LogP contribution in [0.15, 0.2) is 30.3 Å². The molecule has 0 N–H and O–H groups in total. The van der Waals surface area contributed by atoms with E-state index in [1.54, 1.807) is 6.08 Å². The molecule has 0 fully saturated rings. The summed E-state index contributed by atoms with van der Waals surface area (Å²) in [6, 6.07) is 7.61. The normalized spacial score (nSPS) is 10.8. The molecular weight excluding hydrogens is 268 g/mol. The van der Waals surface area contributed by atoms with Crippen molar-refractivity contribution in [2.45, 2.75) is 55.4 Å². The number of allylic oxidation sites excluding steroid dienone is 1. The average molecular weight is 301 g/mol. The van der Waals surface area contributed by atoms with Gasteiger partial charge in [-0.2, -0.15) is 0 Å². The highest BCUT2D eigenvalue weighted by atomic mass is 32.2. The monoisotopic (exact) mass is 300 g/mol. The van der Waals surface area contributed by atoms with E-state index in [-0.39, 0.29) is 7.43 Å². The second kappa shape index (κ2) is 12.9. The minimum absolute atomic E-state index is 0. The molecule has 0 radical (unpaired) electrons. The number of hydrogen-bond acceptors (Lipinski definition) is 2. The van der Waals surface area contributed by atoms with Gasteiger partial charge in [0.2, 0.25) is 0 Å². The Balaban J connectivity index is -0.000000368. The van der Waals surface area contributed by atoms with E-state index in [9.17, 15) is 8.42 Å². The highest BCUT2D eigenvalue weighted by Crippen LogP contribution is 2.30. The topological polar surface area (TPSA) is 34.1 Å². The van der Waals surface area contributed by atoms with Crippen LogP contribution in [-0.2, 0) is 16.3 Å². The molecule has 2 rings (SSSR count). The molecule has 3 heteroatoms. The summed E-state index contributed by atoms with van der Waals surface area (Å²) in [5.74, 6) is 0. The van der Waals surface area contributed by atoms with Gasteiger partial charge >= 0.3 is 0 Å². The van der Waals surface area contributed by atoms with Crippen molar-refractivity contribution in [2.24, 2.45) is 0 Å². The van der Waals surface area contributed by atoms with Crippen molar-refractivity contribution in [3.05, 3.63) is 41.5 Å². The molecule has 118 valence electrons. The zero-order valence-corrected chi connectivity index (χ0v) is 14.1. The quantitative estimate of drug-likeness (QED) is 0.701. The van der Waals surface area contributed by atoms with Crippen molar-refractivity contribution < 1.29 is 8.42 Å². The Morgan fingerprint density at radius 1 is 0.900 bits per heavy atom. The largest absolute Gasteiger partial charge is 0.224 e. The first-order valence-electron chi connectivity index (χ1n) is 7.07. The van der Waals surface area contributed by atoms with Crippen LogP contribution in [0, 0.1) is 0 Å². The second-order valence-corrected chi connectivity index (χ2v) is 5.19. The molecule has 0 saturated carbocycles. The van der Waals surface area contributed by atoms with E-state index in [4.69, 9.17) is 0 Å². The Bertz CT molecular complexity index is 472. The molecule has 20 heavy (non-hydrogen) atoms. The van der Waals surface area contributed by atoms with Crippen LogP contribution in [0.4, 0.5) is 0 Å². The van der Waals surface area contributed by atoms with Gasteiger partial charge in [0.1, 0.15) is 0 Å². The third-order valence-corrected chi connectivity index (χ3v) is 3.38. The van der Waals surface area contributed by atoms with Gasteiger partial charge in [-0.1, -0.05) is 79.3 Å². The molecule has 1 aromatic rings. The third kappa shape index (κ3) is 6.90. The van der Waals surface area contributed by atoms with Gasteiger partial charge in [-0.05, 0) is 17.5 Å². The van der Waals surface area contributed by atoms with Crippen molar-refractivity contribution in [3.8, 4) is 0 Å². The van der Waals surface area contributed by atoms with Gasteiger partial charge in [0.05, 0.1) is 4.91 Å². The lowest BCUT2D eigenvalue weighted by Gasteiger charge is -2.01. The van der Waals surface area contributed by atoms with Crippen LogP contribution in [0.5, 0.6) is 0 Å². The van der Waals surface area contributed by atoms with Crippen LogP contribution in [0.1, 0.15) is 60.1 Å². The fourth-order valence-electron chi connectivity index (χ4n) is 1.60. The molecular formula is C17H32O2S. The Morgan fingerprint density at radius 2 is 1.35 bits per heavy atom. The molecule has 1 aromatic carbocycles. The fourth-order valence-corrected chi connectivity index (χ4v) is 2.59. The number of hydrogen-bond donors (Lipinski definition) is 0. The minimum Gasteiger partial charge on any atom is -0.224 e. The van der Waals surface area contributed by atoms with Gasteiger partial charge in [0.15, 0.2) is 9.84 Å². The summed E-state index contributed by atoms with van der Waals surface area (Å²) in [5, 5.41) is 0. The number of rotatable bonds is 1. The van der Waals surface area contributed by atoms with Crippen molar-refractivity contribution in [2.75, 3.05) is 6.26 Å². The van der Waals surface area contributed by atoms with Gasteiger partial charge in [-0.15, -0.1) is 0 Å². The molecule has 0 aliphatic heterocycles. The van der Waals surface area contributed by atoms with Crippen LogP contribution in [0.25, 0.3) is 4.91 Å². The predicted octanol–water partition coefficient (Wildman–Crippen LogP) is 5.34. The molecule has 1 aliphatic carbocycles. The van der Waals surface area contributed by atoms with Crippen molar-refractivity contribution in [1.29, 1.82) is 0 Å². The summed E-state index contributed by atoms with van der Waals surface area (Å²) in [4.78, 5) is 0.475. The maximum atomic E-state index is 11.3. The predicted molar refractivity (Wildman–Crippen MR) is 93.7 cm³/mol. The van der Waals surface area contributed by atoms with Crippen LogP contribution in [0.3, 0.4) is 0 Å². The lowest BCUT2D eigenvalue weighted by atomic mass is 10.1. The first-order chi connectivity index (χ1) is 9.09. The molecule has 0 unspecified atom stereocenters. The highest BCUT2D eigenvalue weighted by Gasteiger charge is 2.20. The summed E-state index contributed by atoms with van der Waals surface area (Å²) in [5.41, 5.74) is 1.97. The van der Waals surface area contributed by atoms with E-state index >= 15 is 0 Å². The van der Waals surface area contributed by atoms with Crippen LogP contribution >= 0.6 is 0 Å². The first kappa shape index (κ1) is 24.0. The van der Waals surface area contributed by atoms with Crippen LogP contribution in [0.2, 0.25) is 0 Å². The highest BCUT2D eigenvalue weighted by molar-refractivity contribution is 8.00. The van der Waals surface area contributed by atoms with Crippen LogP contribution < -0.4 is 0 Å². The van der Waals surface area contributed by atoms with Gasteiger partial charge in [0, 0.05) is 6.26 Å². The summed E-state index contributed by atoms with van der Waals surface area (Å²) in [7, 11) is -3.05. The summed E-state index contributed by atoms with van der Waals surface area (Å²) < 4.78 is 22.7. The van der Waals surface area contributed by atoms with Gasteiger partial charge < -0.3 is 0 Å². The van der Waals surface area contributed by atoms with Crippen molar-refractivity contribution >= 4 is 14.7 Å². The molecule has 0 saturated heterocycles. The molecule has 2 nitrogen and oxygen atoms in total. The zero-order chi connectivity index (χ0) is 15.5. The maximum Gasteiger partial charge on any atom is 0.175 e. The zero-order valence-electron chi connectivity index (χ0n) is 13.3. The third-order valence-electron chi connectivity index (χ3n) is 2.19. The van der Waals surface area contributed by atoms with E-state index in [2.05, 4.69) is 0 Å². The van der Waals surface area contributed by atoms with Crippen molar-refractivity contribution in [1.82, 2.24) is 0 Å².